The van der Waals surface area contributed by atoms with Crippen LogP contribution in [0.15, 0.2) is 0 Å². The zero-order valence-electron chi connectivity index (χ0n) is 20.4. The Morgan fingerprint density at radius 1 is 0.812 bits per heavy atom. The molecule has 1 spiro atoms. The molecule has 32 heavy (non-hydrogen) atoms. The topological polar surface area (TPSA) is 79.2 Å². The molecule has 4 saturated carbocycles. The molecule has 0 amide bonds. The molecular weight excluding hydrogens is 404 g/mol. The fraction of sp³-hybridized carbons (Fsp3) is 1.00. The SMILES string of the molecule is C[C@H]1CC[C@@]2(OC1)O[C@@H]1C[C@H]3[C@@H]4CC[C@H]5[C@@H](O)[C@H](O)[C@@H](O)C[C@]5(C)[C@H]4CC[C@@]3(C)[C@H]1[C@@H]2C. The van der Waals surface area contributed by atoms with Gasteiger partial charge >= 0.3 is 0 Å². The van der Waals surface area contributed by atoms with Gasteiger partial charge in [-0.3, -0.25) is 0 Å². The molecule has 182 valence electrons. The van der Waals surface area contributed by atoms with Gasteiger partial charge in [-0.05, 0) is 91.3 Å². The van der Waals surface area contributed by atoms with Gasteiger partial charge in [-0.2, -0.15) is 0 Å². The first-order chi connectivity index (χ1) is 15.1. The van der Waals surface area contributed by atoms with Crippen molar-refractivity contribution >= 4 is 0 Å². The van der Waals surface area contributed by atoms with Crippen molar-refractivity contribution in [2.24, 2.45) is 52.3 Å². The molecular formula is C27H44O5. The summed E-state index contributed by atoms with van der Waals surface area (Å²) in [5.74, 6) is 3.18. The van der Waals surface area contributed by atoms with E-state index in [0.717, 1.165) is 32.3 Å². The molecule has 0 bridgehead atoms. The van der Waals surface area contributed by atoms with E-state index in [9.17, 15) is 15.3 Å². The fourth-order valence-electron chi connectivity index (χ4n) is 10.4. The van der Waals surface area contributed by atoms with Gasteiger partial charge in [0.2, 0.25) is 0 Å². The van der Waals surface area contributed by atoms with E-state index in [0.29, 0.717) is 48.0 Å². The Kier molecular flexibility index (Phi) is 4.99. The fourth-order valence-corrected chi connectivity index (χ4v) is 10.4. The third-order valence-corrected chi connectivity index (χ3v) is 12.0. The van der Waals surface area contributed by atoms with E-state index in [-0.39, 0.29) is 22.5 Å². The number of aliphatic hydroxyl groups is 3. The summed E-state index contributed by atoms with van der Waals surface area (Å²) in [7, 11) is 0. The largest absolute Gasteiger partial charge is 0.390 e. The van der Waals surface area contributed by atoms with Gasteiger partial charge in [0.25, 0.3) is 0 Å². The van der Waals surface area contributed by atoms with Crippen molar-refractivity contribution in [2.45, 2.75) is 109 Å². The smallest absolute Gasteiger partial charge is 0.171 e. The number of rotatable bonds is 0. The van der Waals surface area contributed by atoms with Gasteiger partial charge in [0.15, 0.2) is 5.79 Å². The summed E-state index contributed by atoms with van der Waals surface area (Å²) in [6.45, 7) is 10.3. The van der Waals surface area contributed by atoms with Crippen molar-refractivity contribution in [3.63, 3.8) is 0 Å². The molecule has 14 atom stereocenters. The monoisotopic (exact) mass is 448 g/mol. The molecule has 5 nitrogen and oxygen atoms in total. The highest BCUT2D eigenvalue weighted by molar-refractivity contribution is 5.16. The first-order valence-corrected chi connectivity index (χ1v) is 13.5. The van der Waals surface area contributed by atoms with Crippen molar-refractivity contribution in [3.05, 3.63) is 0 Å². The van der Waals surface area contributed by atoms with Gasteiger partial charge in [0.05, 0.1) is 24.9 Å². The molecule has 0 aromatic rings. The van der Waals surface area contributed by atoms with Gasteiger partial charge in [0.1, 0.15) is 6.10 Å². The Balaban J connectivity index is 1.27. The zero-order valence-corrected chi connectivity index (χ0v) is 20.4. The number of hydrogen-bond donors (Lipinski definition) is 3. The molecule has 3 N–H and O–H groups in total. The van der Waals surface area contributed by atoms with Crippen LogP contribution >= 0.6 is 0 Å². The summed E-state index contributed by atoms with van der Waals surface area (Å²) in [5.41, 5.74) is 0.201. The maximum absolute atomic E-state index is 10.8. The van der Waals surface area contributed by atoms with Crippen molar-refractivity contribution in [3.8, 4) is 0 Å². The number of ether oxygens (including phenoxy) is 2. The van der Waals surface area contributed by atoms with E-state index in [1.165, 1.54) is 19.3 Å². The van der Waals surface area contributed by atoms with Crippen molar-refractivity contribution < 1.29 is 24.8 Å². The molecule has 6 rings (SSSR count). The average molecular weight is 449 g/mol. The van der Waals surface area contributed by atoms with Crippen LogP contribution < -0.4 is 0 Å². The maximum Gasteiger partial charge on any atom is 0.171 e. The predicted molar refractivity (Wildman–Crippen MR) is 121 cm³/mol. The van der Waals surface area contributed by atoms with Crippen LogP contribution in [0.5, 0.6) is 0 Å². The number of fused-ring (bicyclic) bond motifs is 7. The molecule has 2 heterocycles. The first kappa shape index (κ1) is 22.3. The van der Waals surface area contributed by atoms with E-state index in [2.05, 4.69) is 27.7 Å². The summed E-state index contributed by atoms with van der Waals surface area (Å²) >= 11 is 0. The minimum Gasteiger partial charge on any atom is -0.390 e. The molecule has 4 aliphatic carbocycles. The Morgan fingerprint density at radius 2 is 1.59 bits per heavy atom. The minimum atomic E-state index is -0.993. The lowest BCUT2D eigenvalue weighted by atomic mass is 9.43. The molecule has 2 saturated heterocycles. The lowest BCUT2D eigenvalue weighted by Crippen LogP contribution is -2.62. The molecule has 0 radical (unpaired) electrons. The summed E-state index contributed by atoms with van der Waals surface area (Å²) in [6.07, 6.45) is 6.18. The number of hydrogen-bond acceptors (Lipinski definition) is 5. The molecule has 6 fully saturated rings. The van der Waals surface area contributed by atoms with Gasteiger partial charge in [0, 0.05) is 12.3 Å². The Hall–Kier alpha value is -0.200. The second-order valence-electron chi connectivity index (χ2n) is 13.3. The van der Waals surface area contributed by atoms with E-state index in [4.69, 9.17) is 9.47 Å². The first-order valence-electron chi connectivity index (χ1n) is 13.5. The van der Waals surface area contributed by atoms with Crippen molar-refractivity contribution in [1.82, 2.24) is 0 Å². The zero-order chi connectivity index (χ0) is 22.6. The molecule has 5 heteroatoms. The molecule has 6 aliphatic rings. The highest BCUT2D eigenvalue weighted by Crippen LogP contribution is 2.71. The van der Waals surface area contributed by atoms with Gasteiger partial charge in [-0.15, -0.1) is 0 Å². The lowest BCUT2D eigenvalue weighted by Gasteiger charge is -2.62. The predicted octanol–water partition coefficient (Wildman–Crippen LogP) is 3.74. The second kappa shape index (κ2) is 7.16. The molecule has 0 aromatic heterocycles. The third-order valence-electron chi connectivity index (χ3n) is 12.0. The lowest BCUT2D eigenvalue weighted by molar-refractivity contribution is -0.273. The Labute approximate surface area is 193 Å². The highest BCUT2D eigenvalue weighted by atomic mass is 16.7. The van der Waals surface area contributed by atoms with Crippen molar-refractivity contribution in [1.29, 1.82) is 0 Å². The van der Waals surface area contributed by atoms with E-state index >= 15 is 0 Å². The summed E-state index contributed by atoms with van der Waals surface area (Å²) in [5, 5.41) is 31.7. The van der Waals surface area contributed by atoms with Crippen LogP contribution in [0.4, 0.5) is 0 Å². The standard InChI is InChI=1S/C27H44O5/c1-14-7-10-27(31-13-14)15(2)22-21(32-27)11-19-16-5-6-18-23(29)24(30)20(28)12-26(18,4)17(16)8-9-25(19,22)3/h14-24,28-30H,5-13H2,1-4H3/t14-,15-,16+,17-,18-,19-,20-,21+,22-,23+,24+,25+,26+,27+/m0/s1. The minimum absolute atomic E-state index is 0.0870. The van der Waals surface area contributed by atoms with Crippen LogP contribution in [0.25, 0.3) is 0 Å². The average Bonchev–Trinajstić information content (AvgIpc) is 3.19. The van der Waals surface area contributed by atoms with Gasteiger partial charge in [-0.1, -0.05) is 27.7 Å². The molecule has 2 aliphatic heterocycles. The Bertz CT molecular complexity index is 748. The van der Waals surface area contributed by atoms with Crippen LogP contribution in [0, 0.1) is 52.3 Å². The van der Waals surface area contributed by atoms with E-state index in [1.54, 1.807) is 0 Å². The van der Waals surface area contributed by atoms with Crippen LogP contribution in [-0.4, -0.2) is 52.1 Å². The van der Waals surface area contributed by atoms with Crippen LogP contribution in [0.2, 0.25) is 0 Å². The van der Waals surface area contributed by atoms with Crippen LogP contribution in [0.3, 0.4) is 0 Å². The Morgan fingerprint density at radius 3 is 2.31 bits per heavy atom. The highest BCUT2D eigenvalue weighted by Gasteiger charge is 2.69. The number of aliphatic hydroxyl groups excluding tert-OH is 3. The third kappa shape index (κ3) is 2.75. The molecule has 0 unspecified atom stereocenters. The van der Waals surface area contributed by atoms with E-state index < -0.39 is 18.3 Å². The van der Waals surface area contributed by atoms with Crippen LogP contribution in [0.1, 0.15) is 79.1 Å². The normalized spacial score (nSPS) is 64.0. The van der Waals surface area contributed by atoms with Crippen molar-refractivity contribution in [2.75, 3.05) is 6.61 Å². The maximum atomic E-state index is 10.8. The van der Waals surface area contributed by atoms with E-state index in [1.807, 2.05) is 0 Å². The molecule has 0 aromatic carbocycles. The quantitative estimate of drug-likeness (QED) is 0.526. The second-order valence-corrected chi connectivity index (χ2v) is 13.3. The summed E-state index contributed by atoms with van der Waals surface area (Å²) in [4.78, 5) is 0. The van der Waals surface area contributed by atoms with Gasteiger partial charge in [-0.25, -0.2) is 0 Å². The summed E-state index contributed by atoms with van der Waals surface area (Å²) in [6, 6.07) is 0. The van der Waals surface area contributed by atoms with Gasteiger partial charge < -0.3 is 24.8 Å². The van der Waals surface area contributed by atoms with Crippen LogP contribution in [-0.2, 0) is 9.47 Å². The summed E-state index contributed by atoms with van der Waals surface area (Å²) < 4.78 is 13.3.